The summed E-state index contributed by atoms with van der Waals surface area (Å²) in [4.78, 5) is 23.4. The number of hydrogen-bond donors (Lipinski definition) is 0. The van der Waals surface area contributed by atoms with Crippen LogP contribution in [0, 0.1) is 0 Å². The molecule has 0 saturated heterocycles. The van der Waals surface area contributed by atoms with Crippen molar-refractivity contribution in [2.45, 2.75) is 0 Å². The molecule has 1 aromatic carbocycles. The van der Waals surface area contributed by atoms with Crippen molar-refractivity contribution in [3.05, 3.63) is 76.7 Å². The number of benzene rings is 1. The highest BCUT2D eigenvalue weighted by Crippen LogP contribution is 2.18. The molecule has 0 aliphatic heterocycles. The summed E-state index contributed by atoms with van der Waals surface area (Å²) < 4.78 is 15.4. The summed E-state index contributed by atoms with van der Waals surface area (Å²) in [6.45, 7) is 6.97. The van der Waals surface area contributed by atoms with Crippen molar-refractivity contribution >= 4 is 18.1 Å². The van der Waals surface area contributed by atoms with Crippen LogP contribution in [0.15, 0.2) is 64.9 Å². The number of carbonyl (C=O) groups is 1. The molecule has 0 atom stereocenters. The lowest BCUT2D eigenvalue weighted by Crippen LogP contribution is -2.30. The minimum Gasteiger partial charge on any atom is -0.497 e. The van der Waals surface area contributed by atoms with Crippen LogP contribution in [0.3, 0.4) is 0 Å². The van der Waals surface area contributed by atoms with Crippen LogP contribution < -0.4 is 21.0 Å². The molecule has 0 fully saturated rings. The van der Waals surface area contributed by atoms with E-state index < -0.39 is 11.6 Å². The molecule has 0 saturated carbocycles. The maximum Gasteiger partial charge on any atom is 0.344 e. The van der Waals surface area contributed by atoms with Crippen LogP contribution >= 0.6 is 0 Å². The van der Waals surface area contributed by atoms with Gasteiger partial charge in [-0.15, -0.1) is 0 Å². The number of allylic oxidation sites excluding steroid dienone is 1. The Hall–Kier alpha value is -3.34. The molecular formula is C20H18O5. The van der Waals surface area contributed by atoms with Gasteiger partial charge in [-0.2, -0.15) is 0 Å². The quantitative estimate of drug-likeness (QED) is 0.593. The number of ether oxygens (including phenoxy) is 2. The van der Waals surface area contributed by atoms with E-state index in [0.29, 0.717) is 27.5 Å². The first-order valence-corrected chi connectivity index (χ1v) is 7.49. The van der Waals surface area contributed by atoms with Gasteiger partial charge in [0.25, 0.3) is 0 Å². The van der Waals surface area contributed by atoms with Gasteiger partial charge in [-0.25, -0.2) is 9.59 Å². The second kappa shape index (κ2) is 8.49. The smallest absolute Gasteiger partial charge is 0.344 e. The first-order valence-electron chi connectivity index (χ1n) is 7.49. The maximum atomic E-state index is 12.3. The van der Waals surface area contributed by atoms with E-state index in [0.717, 1.165) is 6.08 Å². The first-order chi connectivity index (χ1) is 12.1. The lowest BCUT2D eigenvalue weighted by Gasteiger charge is -2.03. The number of hydrogen-bond acceptors (Lipinski definition) is 5. The number of methoxy groups -OCH3 is 1. The van der Waals surface area contributed by atoms with Crippen molar-refractivity contribution in [3.63, 3.8) is 0 Å². The Morgan fingerprint density at radius 1 is 1.24 bits per heavy atom. The van der Waals surface area contributed by atoms with Crippen LogP contribution in [0.2, 0.25) is 0 Å². The molecule has 128 valence electrons. The highest BCUT2D eigenvalue weighted by Gasteiger charge is 2.06. The van der Waals surface area contributed by atoms with Gasteiger partial charge in [0.1, 0.15) is 17.8 Å². The molecule has 0 radical (unpaired) electrons. The molecule has 0 aliphatic rings. The highest BCUT2D eigenvalue weighted by molar-refractivity contribution is 5.81. The van der Waals surface area contributed by atoms with E-state index in [-0.39, 0.29) is 6.61 Å². The van der Waals surface area contributed by atoms with Crippen LogP contribution in [-0.2, 0) is 9.53 Å². The summed E-state index contributed by atoms with van der Waals surface area (Å²) in [5.41, 5.74) is 0.952. The summed E-state index contributed by atoms with van der Waals surface area (Å²) in [5, 5.41) is 0.613. The maximum absolute atomic E-state index is 12.3. The van der Waals surface area contributed by atoms with Crippen molar-refractivity contribution in [3.8, 4) is 16.9 Å². The minimum atomic E-state index is -0.529. The summed E-state index contributed by atoms with van der Waals surface area (Å²) >= 11 is 0. The van der Waals surface area contributed by atoms with Gasteiger partial charge in [0.05, 0.1) is 12.7 Å². The van der Waals surface area contributed by atoms with E-state index >= 15 is 0 Å². The summed E-state index contributed by atoms with van der Waals surface area (Å²) in [6, 6.07) is 8.74. The Morgan fingerprint density at radius 2 is 1.96 bits per heavy atom. The van der Waals surface area contributed by atoms with Crippen molar-refractivity contribution < 1.29 is 18.7 Å². The largest absolute Gasteiger partial charge is 0.497 e. The monoisotopic (exact) mass is 338 g/mol. The third kappa shape index (κ3) is 4.57. The van der Waals surface area contributed by atoms with Gasteiger partial charge >= 0.3 is 11.6 Å². The van der Waals surface area contributed by atoms with Crippen LogP contribution in [0.1, 0.15) is 0 Å². The Kier molecular flexibility index (Phi) is 6.12. The van der Waals surface area contributed by atoms with Crippen molar-refractivity contribution in [2.24, 2.45) is 0 Å². The molecule has 0 N–H and O–H groups in total. The third-order valence-electron chi connectivity index (χ3n) is 3.37. The second-order valence-electron chi connectivity index (χ2n) is 4.94. The summed E-state index contributed by atoms with van der Waals surface area (Å²) in [5.74, 6) is 0.158. The molecule has 5 nitrogen and oxygen atoms in total. The molecule has 0 bridgehead atoms. The van der Waals surface area contributed by atoms with Gasteiger partial charge in [0.15, 0.2) is 0 Å². The lowest BCUT2D eigenvalue weighted by molar-refractivity contribution is -0.136. The zero-order valence-electron chi connectivity index (χ0n) is 13.9. The molecule has 1 heterocycles. The number of esters is 1. The third-order valence-corrected chi connectivity index (χ3v) is 3.37. The molecular weight excluding hydrogens is 320 g/mol. The fraction of sp³-hybridized carbons (Fsp3) is 0.100. The molecule has 0 unspecified atom stereocenters. The van der Waals surface area contributed by atoms with Gasteiger partial charge in [-0.1, -0.05) is 31.4 Å². The van der Waals surface area contributed by atoms with Crippen LogP contribution in [0.25, 0.3) is 23.3 Å². The summed E-state index contributed by atoms with van der Waals surface area (Å²) in [7, 11) is 1.57. The molecule has 25 heavy (non-hydrogen) atoms. The summed E-state index contributed by atoms with van der Waals surface area (Å²) in [6.07, 6.45) is 5.81. The minimum absolute atomic E-state index is 0.0264. The molecule has 0 amide bonds. The second-order valence-corrected chi connectivity index (χ2v) is 4.94. The Labute approximate surface area is 144 Å². The standard InChI is InChI=1S/C20H18O5/c1-4-6-18-15(11-12-24-19(21)5-2)13-17(20(22)25-18)14-7-9-16(23-3)10-8-14/h4-11,13H,1-2,12H2,3H3. The fourth-order valence-corrected chi connectivity index (χ4v) is 2.14. The molecule has 0 spiro atoms. The molecule has 2 aromatic rings. The van der Waals surface area contributed by atoms with Gasteiger partial charge < -0.3 is 13.9 Å². The van der Waals surface area contributed by atoms with Crippen LogP contribution in [-0.4, -0.2) is 19.7 Å². The average Bonchev–Trinajstić information content (AvgIpc) is 2.63. The van der Waals surface area contributed by atoms with E-state index in [4.69, 9.17) is 13.9 Å². The van der Waals surface area contributed by atoms with E-state index in [1.54, 1.807) is 49.6 Å². The van der Waals surface area contributed by atoms with Crippen molar-refractivity contribution in [2.75, 3.05) is 13.7 Å². The predicted octanol–water partition coefficient (Wildman–Crippen LogP) is 1.79. The van der Waals surface area contributed by atoms with Gasteiger partial charge in [-0.05, 0) is 35.9 Å². The average molecular weight is 338 g/mol. The van der Waals surface area contributed by atoms with Gasteiger partial charge in [0.2, 0.25) is 0 Å². The van der Waals surface area contributed by atoms with Gasteiger partial charge in [0, 0.05) is 11.3 Å². The Bertz CT molecular complexity index is 949. The van der Waals surface area contributed by atoms with E-state index in [9.17, 15) is 9.59 Å². The normalized spacial score (nSPS) is 11.9. The van der Waals surface area contributed by atoms with E-state index in [1.165, 1.54) is 6.08 Å². The number of carbonyl (C=O) groups excluding carboxylic acids is 1. The van der Waals surface area contributed by atoms with Crippen molar-refractivity contribution in [1.29, 1.82) is 0 Å². The molecule has 0 aliphatic carbocycles. The van der Waals surface area contributed by atoms with Crippen LogP contribution in [0.5, 0.6) is 5.75 Å². The highest BCUT2D eigenvalue weighted by atomic mass is 16.5. The van der Waals surface area contributed by atoms with E-state index in [1.807, 2.05) is 0 Å². The predicted molar refractivity (Wildman–Crippen MR) is 96.5 cm³/mol. The van der Waals surface area contributed by atoms with E-state index in [2.05, 4.69) is 13.2 Å². The zero-order chi connectivity index (χ0) is 18.2. The van der Waals surface area contributed by atoms with Gasteiger partial charge in [-0.3, -0.25) is 0 Å². The van der Waals surface area contributed by atoms with Crippen molar-refractivity contribution in [1.82, 2.24) is 0 Å². The fourth-order valence-electron chi connectivity index (χ4n) is 2.14. The first kappa shape index (κ1) is 18.0. The zero-order valence-corrected chi connectivity index (χ0v) is 13.9. The number of rotatable bonds is 6. The molecule has 5 heteroatoms. The van der Waals surface area contributed by atoms with Crippen LogP contribution in [0.4, 0.5) is 0 Å². The topological polar surface area (TPSA) is 65.7 Å². The SMILES string of the molecule is C=CC=c1oc(=O)c(-c2ccc(OC)cc2)cc1=CCOC(=O)C=C. The molecule has 2 rings (SSSR count). The Morgan fingerprint density at radius 3 is 2.56 bits per heavy atom. The Balaban J connectivity index is 2.53. The lowest BCUT2D eigenvalue weighted by atomic mass is 10.1. The molecule has 1 aromatic heterocycles.